The highest BCUT2D eigenvalue weighted by Crippen LogP contribution is 2.19. The molecule has 0 aliphatic carbocycles. The van der Waals surface area contributed by atoms with E-state index in [2.05, 4.69) is 27.7 Å². The molecule has 148 valence electrons. The maximum atomic E-state index is 13.0. The fourth-order valence-corrected chi connectivity index (χ4v) is 4.06. The zero-order valence-corrected chi connectivity index (χ0v) is 18.2. The Labute approximate surface area is 180 Å². The van der Waals surface area contributed by atoms with Gasteiger partial charge in [0.15, 0.2) is 0 Å². The maximum Gasteiger partial charge on any atom is 0.332 e. The average Bonchev–Trinajstić information content (AvgIpc) is 3.06. The van der Waals surface area contributed by atoms with Gasteiger partial charge in [-0.1, -0.05) is 42.5 Å². The van der Waals surface area contributed by atoms with Gasteiger partial charge in [-0.15, -0.1) is 0 Å². The van der Waals surface area contributed by atoms with Crippen LogP contribution in [0.15, 0.2) is 64.2 Å². The summed E-state index contributed by atoms with van der Waals surface area (Å²) in [5.74, 6) is 0.746. The smallest absolute Gasteiger partial charge is 0.332 e. The second kappa shape index (κ2) is 7.86. The molecule has 0 atom stereocenters. The van der Waals surface area contributed by atoms with Crippen LogP contribution >= 0.6 is 22.6 Å². The molecule has 0 spiro atoms. The Bertz CT molecular complexity index is 1290. The number of methoxy groups -OCH3 is 1. The van der Waals surface area contributed by atoms with E-state index in [0.717, 1.165) is 21.4 Å². The van der Waals surface area contributed by atoms with Gasteiger partial charge in [0.2, 0.25) is 0 Å². The second-order valence-corrected chi connectivity index (χ2v) is 7.74. The summed E-state index contributed by atoms with van der Waals surface area (Å²) >= 11 is 2.06. The third-order valence-electron chi connectivity index (χ3n) is 4.85. The van der Waals surface area contributed by atoms with Crippen LogP contribution < -0.4 is 16.0 Å². The first kappa shape index (κ1) is 19.4. The summed E-state index contributed by atoms with van der Waals surface area (Å²) in [5, 5.41) is 5.02. The normalized spacial score (nSPS) is 11.1. The van der Waals surface area contributed by atoms with Crippen molar-refractivity contribution in [2.75, 3.05) is 7.11 Å². The topological polar surface area (TPSA) is 71.1 Å². The van der Waals surface area contributed by atoms with Crippen LogP contribution in [0.2, 0.25) is 0 Å². The third-order valence-corrected chi connectivity index (χ3v) is 5.60. The highest BCUT2D eigenvalue weighted by atomic mass is 127. The minimum Gasteiger partial charge on any atom is -0.497 e. The number of rotatable bonds is 5. The number of hydrogen-bond donors (Lipinski definition) is 0. The molecule has 7 nitrogen and oxygen atoms in total. The summed E-state index contributed by atoms with van der Waals surface area (Å²) < 4.78 is 10.3. The van der Waals surface area contributed by atoms with Gasteiger partial charge in [-0.05, 0) is 45.9 Å². The van der Waals surface area contributed by atoms with Crippen molar-refractivity contribution < 1.29 is 4.74 Å². The van der Waals surface area contributed by atoms with E-state index in [1.54, 1.807) is 16.4 Å². The number of fused-ring (bicyclic) bond motifs is 1. The predicted octanol–water partition coefficient (Wildman–Crippen LogP) is 2.61. The van der Waals surface area contributed by atoms with E-state index in [-0.39, 0.29) is 11.2 Å². The van der Waals surface area contributed by atoms with Crippen LogP contribution in [0.3, 0.4) is 0 Å². The van der Waals surface area contributed by atoms with Gasteiger partial charge >= 0.3 is 5.69 Å². The van der Waals surface area contributed by atoms with Crippen LogP contribution in [0, 0.1) is 3.70 Å². The fourth-order valence-electron chi connectivity index (χ4n) is 3.33. The van der Waals surface area contributed by atoms with Gasteiger partial charge in [-0.2, -0.15) is 5.10 Å². The summed E-state index contributed by atoms with van der Waals surface area (Å²) in [4.78, 5) is 25.8. The van der Waals surface area contributed by atoms with Gasteiger partial charge < -0.3 is 4.74 Å². The summed E-state index contributed by atoms with van der Waals surface area (Å²) in [5.41, 5.74) is 1.79. The third kappa shape index (κ3) is 3.59. The molecule has 0 unspecified atom stereocenters. The van der Waals surface area contributed by atoms with Crippen molar-refractivity contribution in [2.24, 2.45) is 7.05 Å². The molecule has 2 aromatic carbocycles. The Balaban J connectivity index is 1.91. The molecule has 0 N–H and O–H groups in total. The summed E-state index contributed by atoms with van der Waals surface area (Å²) in [7, 11) is 3.11. The van der Waals surface area contributed by atoms with E-state index in [1.165, 1.54) is 7.05 Å². The van der Waals surface area contributed by atoms with Gasteiger partial charge in [0, 0.05) is 7.05 Å². The molecule has 4 aromatic rings. The van der Waals surface area contributed by atoms with Crippen LogP contribution in [-0.2, 0) is 20.1 Å². The molecule has 29 heavy (non-hydrogen) atoms. The lowest BCUT2D eigenvalue weighted by Gasteiger charge is -2.13. The van der Waals surface area contributed by atoms with Crippen molar-refractivity contribution >= 4 is 33.6 Å². The van der Waals surface area contributed by atoms with Crippen molar-refractivity contribution in [1.29, 1.82) is 0 Å². The van der Waals surface area contributed by atoms with E-state index < -0.39 is 0 Å². The Morgan fingerprint density at radius 3 is 2.28 bits per heavy atom. The van der Waals surface area contributed by atoms with Gasteiger partial charge in [0.05, 0.1) is 20.2 Å². The average molecular weight is 502 g/mol. The summed E-state index contributed by atoms with van der Waals surface area (Å²) in [6.07, 6.45) is 0. The van der Waals surface area contributed by atoms with Gasteiger partial charge in [0.25, 0.3) is 5.56 Å². The van der Waals surface area contributed by atoms with Crippen molar-refractivity contribution in [3.05, 3.63) is 90.3 Å². The van der Waals surface area contributed by atoms with Crippen LogP contribution in [0.1, 0.15) is 11.1 Å². The molecular weight excluding hydrogens is 483 g/mol. The lowest BCUT2D eigenvalue weighted by molar-refractivity contribution is 0.414. The quantitative estimate of drug-likeness (QED) is 0.394. The lowest BCUT2D eigenvalue weighted by Crippen LogP contribution is -2.39. The number of hydrogen-bond acceptors (Lipinski definition) is 4. The van der Waals surface area contributed by atoms with E-state index in [9.17, 15) is 9.59 Å². The number of halogens is 1. The molecule has 0 fully saturated rings. The SMILES string of the molecule is COc1ccc(Cn2c(=O)n(C)c(=O)c3c(I)nn(Cc4ccccc4)c32)cc1. The number of ether oxygens (including phenoxy) is 1. The van der Waals surface area contributed by atoms with Gasteiger partial charge in [0.1, 0.15) is 20.5 Å². The largest absolute Gasteiger partial charge is 0.497 e. The highest BCUT2D eigenvalue weighted by Gasteiger charge is 2.20. The number of aromatic nitrogens is 4. The first-order valence-corrected chi connectivity index (χ1v) is 10.1. The Morgan fingerprint density at radius 1 is 0.966 bits per heavy atom. The molecule has 2 aromatic heterocycles. The molecule has 0 saturated carbocycles. The second-order valence-electron chi connectivity index (χ2n) is 6.71. The molecule has 0 aliphatic heterocycles. The fraction of sp³-hybridized carbons (Fsp3) is 0.190. The minimum absolute atomic E-state index is 0.323. The van der Waals surface area contributed by atoms with Gasteiger partial charge in [-0.25, -0.2) is 9.48 Å². The Kier molecular flexibility index (Phi) is 5.27. The van der Waals surface area contributed by atoms with Crippen molar-refractivity contribution in [3.8, 4) is 5.75 Å². The maximum absolute atomic E-state index is 13.0. The highest BCUT2D eigenvalue weighted by molar-refractivity contribution is 14.1. The molecule has 2 heterocycles. The number of benzene rings is 2. The summed E-state index contributed by atoms with van der Waals surface area (Å²) in [6.45, 7) is 0.791. The Morgan fingerprint density at radius 2 is 1.62 bits per heavy atom. The van der Waals surface area contributed by atoms with Crippen LogP contribution in [0.5, 0.6) is 5.75 Å². The minimum atomic E-state index is -0.371. The molecule has 0 bridgehead atoms. The van der Waals surface area contributed by atoms with Gasteiger partial charge in [-0.3, -0.25) is 13.9 Å². The van der Waals surface area contributed by atoms with E-state index >= 15 is 0 Å². The molecular formula is C21H19IN4O3. The zero-order chi connectivity index (χ0) is 20.5. The van der Waals surface area contributed by atoms with Crippen LogP contribution in [0.25, 0.3) is 11.0 Å². The van der Waals surface area contributed by atoms with E-state index in [4.69, 9.17) is 4.74 Å². The van der Waals surface area contributed by atoms with Crippen molar-refractivity contribution in [2.45, 2.75) is 13.1 Å². The standard InChI is InChI=1S/C21H19IN4O3/c1-24-20(27)17-18(22)23-26(13-14-6-4-3-5-7-14)19(17)25(21(24)28)12-15-8-10-16(29-2)11-9-15/h3-11H,12-13H2,1-2H3. The van der Waals surface area contributed by atoms with Crippen molar-refractivity contribution in [3.63, 3.8) is 0 Å². The molecule has 4 rings (SSSR count). The molecule has 0 amide bonds. The van der Waals surface area contributed by atoms with Crippen molar-refractivity contribution in [1.82, 2.24) is 18.9 Å². The molecule has 0 radical (unpaired) electrons. The first-order chi connectivity index (χ1) is 14.0. The molecule has 0 aliphatic rings. The van der Waals surface area contributed by atoms with Crippen LogP contribution in [0.4, 0.5) is 0 Å². The first-order valence-electron chi connectivity index (χ1n) is 9.02. The lowest BCUT2D eigenvalue weighted by atomic mass is 10.2. The molecule has 0 saturated heterocycles. The molecule has 8 heteroatoms. The zero-order valence-electron chi connectivity index (χ0n) is 16.0. The van der Waals surface area contributed by atoms with Crippen LogP contribution in [-0.4, -0.2) is 26.0 Å². The number of nitrogens with zero attached hydrogens (tertiary/aromatic N) is 4. The monoisotopic (exact) mass is 502 g/mol. The summed E-state index contributed by atoms with van der Waals surface area (Å²) in [6, 6.07) is 17.4. The van der Waals surface area contributed by atoms with E-state index in [1.807, 2.05) is 54.6 Å². The van der Waals surface area contributed by atoms with E-state index in [0.29, 0.717) is 27.8 Å². The Hall–Kier alpha value is -2.88. The predicted molar refractivity (Wildman–Crippen MR) is 120 cm³/mol.